The number of anilines is 2. The summed E-state index contributed by atoms with van der Waals surface area (Å²) in [5.74, 6) is 0.459. The number of morpholine rings is 1. The first-order chi connectivity index (χ1) is 22.3. The molecule has 1 aromatic carbocycles. The van der Waals surface area contributed by atoms with Gasteiger partial charge in [0.2, 0.25) is 5.88 Å². The highest BCUT2D eigenvalue weighted by Crippen LogP contribution is 2.38. The first-order valence-corrected chi connectivity index (χ1v) is 17.1. The minimum absolute atomic E-state index is 0.130. The molecule has 0 radical (unpaired) electrons. The first kappa shape index (κ1) is 34.4. The maximum Gasteiger partial charge on any atom is 0.324 e. The minimum Gasteiger partial charge on any atom is -0.478 e. The van der Waals surface area contributed by atoms with Crippen LogP contribution in [0.4, 0.5) is 15.5 Å². The van der Waals surface area contributed by atoms with Crippen LogP contribution in [0.3, 0.4) is 0 Å². The van der Waals surface area contributed by atoms with Crippen molar-refractivity contribution >= 4 is 34.0 Å². The van der Waals surface area contributed by atoms with E-state index in [-0.39, 0.29) is 11.3 Å². The Morgan fingerprint density at radius 1 is 1.11 bits per heavy atom. The summed E-state index contributed by atoms with van der Waals surface area (Å²) in [7, 11) is 0. The van der Waals surface area contributed by atoms with Gasteiger partial charge in [-0.2, -0.15) is 0 Å². The number of nitrogens with one attached hydrogen (secondary N) is 3. The van der Waals surface area contributed by atoms with Gasteiger partial charge in [0, 0.05) is 66.8 Å². The zero-order valence-corrected chi connectivity index (χ0v) is 29.3. The number of rotatable bonds is 9. The molecule has 3 N–H and O–H groups in total. The zero-order chi connectivity index (χ0) is 33.8. The van der Waals surface area contributed by atoms with E-state index in [1.54, 1.807) is 6.20 Å². The zero-order valence-electron chi connectivity index (χ0n) is 28.5. The minimum atomic E-state index is -0.570. The number of carbonyl (C=O) groups is 2. The number of aromatic nitrogens is 1. The second-order valence-electron chi connectivity index (χ2n) is 13.7. The van der Waals surface area contributed by atoms with Crippen molar-refractivity contribution in [3.05, 3.63) is 70.9 Å². The van der Waals surface area contributed by atoms with Crippen LogP contribution in [-0.4, -0.2) is 84.8 Å². The van der Waals surface area contributed by atoms with E-state index in [0.29, 0.717) is 41.8 Å². The molecule has 5 rings (SSSR count). The Labute approximate surface area is 282 Å². The second kappa shape index (κ2) is 14.5. The third kappa shape index (κ3) is 8.33. The fraction of sp³-hybridized carbons (Fsp3) is 0.472. The maximum atomic E-state index is 13.9. The van der Waals surface area contributed by atoms with E-state index in [1.807, 2.05) is 62.1 Å². The fourth-order valence-corrected chi connectivity index (χ4v) is 6.78. The van der Waals surface area contributed by atoms with Crippen LogP contribution in [-0.2, 0) is 10.2 Å². The highest BCUT2D eigenvalue weighted by atomic mass is 32.1. The van der Waals surface area contributed by atoms with Gasteiger partial charge in [0.05, 0.1) is 30.9 Å². The van der Waals surface area contributed by atoms with Crippen LogP contribution < -0.4 is 20.7 Å². The van der Waals surface area contributed by atoms with Gasteiger partial charge in [0.25, 0.3) is 5.91 Å². The Hall–Kier alpha value is -3.93. The normalized spacial score (nSPS) is 16.8. The van der Waals surface area contributed by atoms with E-state index in [4.69, 9.17) is 9.47 Å². The number of nitrogens with zero attached hydrogens (tertiary/aromatic N) is 3. The number of hydrogen-bond acceptors (Lipinski definition) is 8. The lowest BCUT2D eigenvalue weighted by Gasteiger charge is -2.44. The molecule has 10 nitrogen and oxygen atoms in total. The van der Waals surface area contributed by atoms with Crippen molar-refractivity contribution in [2.24, 2.45) is 0 Å². The van der Waals surface area contributed by atoms with Gasteiger partial charge in [-0.1, -0.05) is 33.4 Å². The van der Waals surface area contributed by atoms with Gasteiger partial charge in [-0.3, -0.25) is 15.0 Å². The third-order valence-electron chi connectivity index (χ3n) is 8.78. The van der Waals surface area contributed by atoms with Crippen molar-refractivity contribution in [2.75, 3.05) is 63.2 Å². The van der Waals surface area contributed by atoms with Crippen LogP contribution in [0.15, 0.2) is 54.9 Å². The highest BCUT2D eigenvalue weighted by Gasteiger charge is 2.38. The number of piperazine rings is 1. The van der Waals surface area contributed by atoms with Crippen LogP contribution >= 0.6 is 11.3 Å². The average molecular weight is 661 g/mol. The van der Waals surface area contributed by atoms with E-state index < -0.39 is 11.6 Å². The average Bonchev–Trinajstić information content (AvgIpc) is 3.46. The van der Waals surface area contributed by atoms with Gasteiger partial charge in [0.1, 0.15) is 5.00 Å². The van der Waals surface area contributed by atoms with E-state index in [9.17, 15) is 9.59 Å². The predicted octanol–water partition coefficient (Wildman–Crippen LogP) is 6.50. The standard InChI is InChI=1S/C36H48N6O4S/c1-24-9-11-27(21-28(24)26-10-12-31(38-23-26)46-18-8-14-41-16-19-45-20-17-41)39-34(44)40-32-29(22-30(47-32)35(3,4)5)33(43)42-15-13-37-25(2)36(42,6)7/h9-12,21-23,37H,2,8,13-20H2,1,3-7H3,(H2,39,40,44). The Morgan fingerprint density at radius 3 is 2.57 bits per heavy atom. The Bertz CT molecular complexity index is 1590. The molecule has 3 amide bonds. The molecule has 2 aliphatic heterocycles. The molecule has 252 valence electrons. The number of carbonyl (C=O) groups excluding carboxylic acids is 2. The quantitative estimate of drug-likeness (QED) is 0.225. The van der Waals surface area contributed by atoms with Crippen molar-refractivity contribution in [1.29, 1.82) is 0 Å². The third-order valence-corrected chi connectivity index (χ3v) is 10.3. The number of pyridine rings is 1. The van der Waals surface area contributed by atoms with Crippen molar-refractivity contribution < 1.29 is 19.1 Å². The van der Waals surface area contributed by atoms with Gasteiger partial charge in [-0.05, 0) is 68.0 Å². The molecule has 0 spiro atoms. The smallest absolute Gasteiger partial charge is 0.324 e. The second-order valence-corrected chi connectivity index (χ2v) is 14.7. The summed E-state index contributed by atoms with van der Waals surface area (Å²) >= 11 is 1.43. The van der Waals surface area contributed by atoms with Gasteiger partial charge < -0.3 is 25.0 Å². The number of thiophene rings is 1. The molecule has 0 aliphatic carbocycles. The molecule has 2 aliphatic rings. The monoisotopic (exact) mass is 660 g/mol. The lowest BCUT2D eigenvalue weighted by Crippen LogP contribution is -2.58. The Morgan fingerprint density at radius 2 is 1.87 bits per heavy atom. The van der Waals surface area contributed by atoms with E-state index in [0.717, 1.165) is 66.5 Å². The molecule has 2 fully saturated rings. The summed E-state index contributed by atoms with van der Waals surface area (Å²) in [4.78, 5) is 37.1. The number of ether oxygens (including phenoxy) is 2. The molecule has 0 atom stereocenters. The molecule has 4 heterocycles. The van der Waals surface area contributed by atoms with Crippen molar-refractivity contribution in [1.82, 2.24) is 20.1 Å². The predicted molar refractivity (Wildman–Crippen MR) is 190 cm³/mol. The SMILES string of the molecule is C=C1NCCN(C(=O)c2cc(C(C)(C)C)sc2NC(=O)Nc2ccc(C)c(-c3ccc(OCCCN4CCOCC4)nc3)c2)C1(C)C. The van der Waals surface area contributed by atoms with Crippen LogP contribution in [0.1, 0.15) is 61.8 Å². The molecule has 0 bridgehead atoms. The Balaban J connectivity index is 1.25. The summed E-state index contributed by atoms with van der Waals surface area (Å²) in [5, 5.41) is 9.75. The molecule has 0 unspecified atom stereocenters. The number of hydrogen-bond donors (Lipinski definition) is 3. The largest absolute Gasteiger partial charge is 0.478 e. The molecular formula is C36H48N6O4S. The van der Waals surface area contributed by atoms with E-state index >= 15 is 0 Å². The van der Waals surface area contributed by atoms with E-state index in [2.05, 4.69) is 53.2 Å². The summed E-state index contributed by atoms with van der Waals surface area (Å²) in [6.07, 6.45) is 2.73. The van der Waals surface area contributed by atoms with E-state index in [1.165, 1.54) is 11.3 Å². The highest BCUT2D eigenvalue weighted by molar-refractivity contribution is 7.16. The maximum absolute atomic E-state index is 13.9. The molecular weight excluding hydrogens is 613 g/mol. The van der Waals surface area contributed by atoms with Gasteiger partial charge in [-0.15, -0.1) is 11.3 Å². The topological polar surface area (TPSA) is 108 Å². The van der Waals surface area contributed by atoms with Gasteiger partial charge in [-0.25, -0.2) is 9.78 Å². The number of aryl methyl sites for hydroxylation is 1. The number of urea groups is 1. The van der Waals surface area contributed by atoms with Crippen molar-refractivity contribution in [3.63, 3.8) is 0 Å². The summed E-state index contributed by atoms with van der Waals surface area (Å²) in [5.41, 5.74) is 4.08. The summed E-state index contributed by atoms with van der Waals surface area (Å²) < 4.78 is 11.3. The Kier molecular flexibility index (Phi) is 10.6. The van der Waals surface area contributed by atoms with Gasteiger partial charge >= 0.3 is 6.03 Å². The molecule has 47 heavy (non-hydrogen) atoms. The molecule has 2 saturated heterocycles. The van der Waals surface area contributed by atoms with Gasteiger partial charge in [0.15, 0.2) is 0 Å². The lowest BCUT2D eigenvalue weighted by atomic mass is 9.93. The molecule has 0 saturated carbocycles. The van der Waals surface area contributed by atoms with Crippen LogP contribution in [0.25, 0.3) is 11.1 Å². The number of benzene rings is 1. The fourth-order valence-electron chi connectivity index (χ4n) is 5.68. The van der Waals surface area contributed by atoms with Crippen molar-refractivity contribution in [3.8, 4) is 17.0 Å². The van der Waals surface area contributed by atoms with Crippen LogP contribution in [0.2, 0.25) is 0 Å². The number of amides is 3. The van der Waals surface area contributed by atoms with Crippen LogP contribution in [0, 0.1) is 6.92 Å². The van der Waals surface area contributed by atoms with Crippen molar-refractivity contribution in [2.45, 2.75) is 58.9 Å². The van der Waals surface area contributed by atoms with Crippen LogP contribution in [0.5, 0.6) is 5.88 Å². The summed E-state index contributed by atoms with van der Waals surface area (Å²) in [6, 6.07) is 11.1. The summed E-state index contributed by atoms with van der Waals surface area (Å²) in [6.45, 7) is 22.7. The lowest BCUT2D eigenvalue weighted by molar-refractivity contribution is 0.0357. The molecule has 11 heteroatoms. The first-order valence-electron chi connectivity index (χ1n) is 16.3. The molecule has 3 aromatic rings. The molecule has 2 aromatic heterocycles.